The third kappa shape index (κ3) is 7.21. The van der Waals surface area contributed by atoms with Gasteiger partial charge in [-0.15, -0.1) is 24.8 Å². The quantitative estimate of drug-likeness (QED) is 0.516. The zero-order valence-electron chi connectivity index (χ0n) is 19.4. The van der Waals surface area contributed by atoms with Crippen molar-refractivity contribution in [2.24, 2.45) is 0 Å². The Morgan fingerprint density at radius 3 is 2.60 bits per heavy atom. The second kappa shape index (κ2) is 13.3. The lowest BCUT2D eigenvalue weighted by atomic mass is 9.93. The summed E-state index contributed by atoms with van der Waals surface area (Å²) < 4.78 is 5.94. The highest BCUT2D eigenvalue weighted by Gasteiger charge is 2.26. The number of piperidine rings is 1. The molecule has 1 unspecified atom stereocenters. The Balaban J connectivity index is 0.00000216. The van der Waals surface area contributed by atoms with Crippen molar-refractivity contribution < 1.29 is 19.4 Å². The molecular weight excluding hydrogens is 515 g/mol. The topological polar surface area (TPSA) is 104 Å². The van der Waals surface area contributed by atoms with Crippen LogP contribution in [0.25, 0.3) is 0 Å². The summed E-state index contributed by atoms with van der Waals surface area (Å²) in [6.07, 6.45) is 2.67. The first-order chi connectivity index (χ1) is 15.9. The molecular formula is C24H31Cl3N4O4. The molecule has 0 aliphatic carbocycles. The average molecular weight is 546 g/mol. The molecule has 2 aliphatic heterocycles. The molecule has 2 amide bonds. The number of benzene rings is 1. The average Bonchev–Trinajstić information content (AvgIpc) is 2.83. The first kappa shape index (κ1) is 29.1. The molecule has 8 nitrogen and oxygen atoms in total. The van der Waals surface area contributed by atoms with E-state index in [0.717, 1.165) is 0 Å². The number of hydrogen-bond donors (Lipinski definition) is 3. The summed E-state index contributed by atoms with van der Waals surface area (Å²) in [5.41, 5.74) is 2.68. The van der Waals surface area contributed by atoms with Crippen LogP contribution in [0, 0.1) is 0 Å². The summed E-state index contributed by atoms with van der Waals surface area (Å²) in [6, 6.07) is 9.52. The molecule has 4 rings (SSSR count). The SMILES string of the molecule is CC(=O)N1CCC(Oc2nccc(C(=O)NC[C@@H](O)C3Cc4ccccc4CN3)c2Cl)CC1.Cl.Cl. The van der Waals surface area contributed by atoms with Gasteiger partial charge in [0, 0.05) is 58.2 Å². The van der Waals surface area contributed by atoms with Gasteiger partial charge < -0.3 is 25.4 Å². The first-order valence-electron chi connectivity index (χ1n) is 11.3. The summed E-state index contributed by atoms with van der Waals surface area (Å²) in [4.78, 5) is 30.2. The van der Waals surface area contributed by atoms with Gasteiger partial charge in [0.25, 0.3) is 5.91 Å². The zero-order chi connectivity index (χ0) is 23.4. The molecule has 0 radical (unpaired) electrons. The number of amides is 2. The fourth-order valence-corrected chi connectivity index (χ4v) is 4.56. The molecule has 3 N–H and O–H groups in total. The van der Waals surface area contributed by atoms with E-state index in [1.807, 2.05) is 12.1 Å². The molecule has 192 valence electrons. The fourth-order valence-electron chi connectivity index (χ4n) is 4.31. The molecule has 1 fully saturated rings. The Hall–Kier alpha value is -2.10. The summed E-state index contributed by atoms with van der Waals surface area (Å²) in [5.74, 6) is -0.135. The van der Waals surface area contributed by atoms with Gasteiger partial charge in [0.15, 0.2) is 0 Å². The molecule has 0 saturated carbocycles. The number of ether oxygens (including phenoxy) is 1. The normalized spacial score (nSPS) is 18.4. The fraction of sp³-hybridized carbons (Fsp3) is 0.458. The number of nitrogens with zero attached hydrogens (tertiary/aromatic N) is 2. The highest BCUT2D eigenvalue weighted by molar-refractivity contribution is 6.35. The number of aromatic nitrogens is 1. The standard InChI is InChI=1S/C24H29ClN4O4.2ClH/c1-15(30)29-10-7-18(8-11-29)33-24-22(25)19(6-9-26-24)23(32)28-14-21(31)20-12-16-4-2-3-5-17(16)13-27-20;;/h2-6,9,18,20-21,27,31H,7-8,10-14H2,1H3,(H,28,32);2*1H/t20?,21-;;/m1../s1. The minimum atomic E-state index is -0.745. The van der Waals surface area contributed by atoms with Gasteiger partial charge in [-0.1, -0.05) is 35.9 Å². The predicted octanol–water partition coefficient (Wildman–Crippen LogP) is 2.77. The lowest BCUT2D eigenvalue weighted by Crippen LogP contribution is -2.49. The number of carbonyl (C=O) groups is 2. The van der Waals surface area contributed by atoms with Crippen LogP contribution in [-0.4, -0.2) is 64.7 Å². The number of hydrogen-bond acceptors (Lipinski definition) is 6. The number of fused-ring (bicyclic) bond motifs is 1. The van der Waals surface area contributed by atoms with Crippen molar-refractivity contribution >= 4 is 48.2 Å². The lowest BCUT2D eigenvalue weighted by molar-refractivity contribution is -0.130. The molecule has 1 aromatic carbocycles. The Labute approximate surface area is 222 Å². The Morgan fingerprint density at radius 1 is 1.23 bits per heavy atom. The van der Waals surface area contributed by atoms with E-state index in [9.17, 15) is 14.7 Å². The second-order valence-corrected chi connectivity index (χ2v) is 8.92. The van der Waals surface area contributed by atoms with Crippen LogP contribution in [0.1, 0.15) is 41.3 Å². The van der Waals surface area contributed by atoms with Crippen molar-refractivity contribution in [3.05, 3.63) is 58.2 Å². The molecule has 0 spiro atoms. The number of pyridine rings is 1. The van der Waals surface area contributed by atoms with Crippen LogP contribution >= 0.6 is 36.4 Å². The zero-order valence-corrected chi connectivity index (χ0v) is 21.8. The maximum absolute atomic E-state index is 12.8. The molecule has 1 aromatic heterocycles. The number of aliphatic hydroxyl groups is 1. The van der Waals surface area contributed by atoms with Crippen molar-refractivity contribution in [2.75, 3.05) is 19.6 Å². The number of aliphatic hydroxyl groups excluding tert-OH is 1. The van der Waals surface area contributed by atoms with E-state index < -0.39 is 12.0 Å². The van der Waals surface area contributed by atoms with Crippen LogP contribution in [-0.2, 0) is 17.8 Å². The minimum Gasteiger partial charge on any atom is -0.473 e. The molecule has 2 aromatic rings. The van der Waals surface area contributed by atoms with E-state index in [2.05, 4.69) is 27.8 Å². The van der Waals surface area contributed by atoms with Crippen LogP contribution in [0.4, 0.5) is 0 Å². The van der Waals surface area contributed by atoms with Gasteiger partial charge in [0.05, 0.1) is 11.7 Å². The van der Waals surface area contributed by atoms with Gasteiger partial charge in [-0.25, -0.2) is 4.98 Å². The largest absolute Gasteiger partial charge is 0.473 e. The van der Waals surface area contributed by atoms with Gasteiger partial charge >= 0.3 is 0 Å². The number of halogens is 3. The maximum Gasteiger partial charge on any atom is 0.253 e. The summed E-state index contributed by atoms with van der Waals surface area (Å²) in [7, 11) is 0. The maximum atomic E-state index is 12.8. The number of carbonyl (C=O) groups excluding carboxylic acids is 2. The van der Waals surface area contributed by atoms with Crippen LogP contribution in [0.2, 0.25) is 5.02 Å². The number of rotatable bonds is 6. The second-order valence-electron chi connectivity index (χ2n) is 8.54. The van der Waals surface area contributed by atoms with Crippen LogP contribution in [0.5, 0.6) is 5.88 Å². The summed E-state index contributed by atoms with van der Waals surface area (Å²) >= 11 is 6.43. The Kier molecular flexibility index (Phi) is 11.0. The monoisotopic (exact) mass is 544 g/mol. The van der Waals surface area contributed by atoms with Crippen molar-refractivity contribution in [1.82, 2.24) is 20.5 Å². The molecule has 1 saturated heterocycles. The minimum absolute atomic E-state index is 0. The predicted molar refractivity (Wildman–Crippen MR) is 139 cm³/mol. The number of nitrogens with one attached hydrogen (secondary N) is 2. The summed E-state index contributed by atoms with van der Waals surface area (Å²) in [5, 5.41) is 16.9. The van der Waals surface area contributed by atoms with E-state index >= 15 is 0 Å². The Morgan fingerprint density at radius 2 is 1.91 bits per heavy atom. The van der Waals surface area contributed by atoms with Crippen molar-refractivity contribution in [2.45, 2.75) is 51.0 Å². The molecule has 2 atom stereocenters. The van der Waals surface area contributed by atoms with Crippen LogP contribution < -0.4 is 15.4 Å². The highest BCUT2D eigenvalue weighted by atomic mass is 35.5. The van der Waals surface area contributed by atoms with Gasteiger partial charge in [-0.3, -0.25) is 9.59 Å². The van der Waals surface area contributed by atoms with E-state index in [1.54, 1.807) is 11.8 Å². The smallest absolute Gasteiger partial charge is 0.253 e. The van der Waals surface area contributed by atoms with Crippen LogP contribution in [0.15, 0.2) is 36.5 Å². The Bertz CT molecular complexity index is 1020. The molecule has 3 heterocycles. The van der Waals surface area contributed by atoms with Gasteiger partial charge in [-0.05, 0) is 23.6 Å². The van der Waals surface area contributed by atoms with Gasteiger partial charge in [0.2, 0.25) is 11.8 Å². The molecule has 35 heavy (non-hydrogen) atoms. The van der Waals surface area contributed by atoms with E-state index in [4.69, 9.17) is 16.3 Å². The van der Waals surface area contributed by atoms with E-state index in [-0.39, 0.29) is 65.9 Å². The highest BCUT2D eigenvalue weighted by Crippen LogP contribution is 2.28. The molecule has 11 heteroatoms. The van der Waals surface area contributed by atoms with E-state index in [1.165, 1.54) is 23.4 Å². The van der Waals surface area contributed by atoms with Crippen molar-refractivity contribution in [3.8, 4) is 5.88 Å². The molecule has 0 bridgehead atoms. The first-order valence-corrected chi connectivity index (χ1v) is 11.6. The van der Waals surface area contributed by atoms with Crippen molar-refractivity contribution in [3.63, 3.8) is 0 Å². The van der Waals surface area contributed by atoms with E-state index in [0.29, 0.717) is 38.9 Å². The third-order valence-electron chi connectivity index (χ3n) is 6.32. The summed E-state index contributed by atoms with van der Waals surface area (Å²) in [6.45, 7) is 3.58. The van der Waals surface area contributed by atoms with Crippen molar-refractivity contribution in [1.29, 1.82) is 0 Å². The molecule has 2 aliphatic rings. The van der Waals surface area contributed by atoms with Crippen LogP contribution in [0.3, 0.4) is 0 Å². The third-order valence-corrected chi connectivity index (χ3v) is 6.68. The van der Waals surface area contributed by atoms with Gasteiger partial charge in [0.1, 0.15) is 11.1 Å². The lowest BCUT2D eigenvalue weighted by Gasteiger charge is -2.31. The van der Waals surface area contributed by atoms with Gasteiger partial charge in [-0.2, -0.15) is 0 Å². The number of likely N-dealkylation sites (tertiary alicyclic amines) is 1.